The fourth-order valence-corrected chi connectivity index (χ4v) is 5.88. The molecule has 3 aromatic rings. The third-order valence-corrected chi connectivity index (χ3v) is 7.34. The van der Waals surface area contributed by atoms with Crippen LogP contribution in [0, 0.1) is 18.6 Å². The number of carbonyl (C=O) groups is 2. The van der Waals surface area contributed by atoms with Crippen molar-refractivity contribution in [1.82, 2.24) is 4.90 Å². The molecule has 1 atom stereocenters. The zero-order chi connectivity index (χ0) is 23.2. The van der Waals surface area contributed by atoms with Gasteiger partial charge in [0, 0.05) is 23.5 Å². The Kier molecular flexibility index (Phi) is 5.32. The van der Waals surface area contributed by atoms with Gasteiger partial charge in [0.05, 0.1) is 12.2 Å². The van der Waals surface area contributed by atoms with Crippen LogP contribution >= 0.6 is 11.8 Å². The minimum atomic E-state index is -1.36. The maximum Gasteiger partial charge on any atom is 0.323 e. The lowest BCUT2D eigenvalue weighted by atomic mass is 10.1. The van der Waals surface area contributed by atoms with Crippen molar-refractivity contribution in [1.29, 1.82) is 0 Å². The first-order chi connectivity index (χ1) is 15.9. The molecule has 0 radical (unpaired) electrons. The Morgan fingerprint density at radius 2 is 1.82 bits per heavy atom. The molecule has 1 saturated heterocycles. The van der Waals surface area contributed by atoms with Crippen LogP contribution in [0.5, 0.6) is 0 Å². The van der Waals surface area contributed by atoms with Gasteiger partial charge in [-0.05, 0) is 60.5 Å². The summed E-state index contributed by atoms with van der Waals surface area (Å²) in [5.41, 5.74) is 3.36. The normalized spacial score (nSPS) is 19.3. The fraction of sp³-hybridized carbons (Fsp3) is 0.200. The molecular weight excluding hydrogens is 444 g/mol. The van der Waals surface area contributed by atoms with Crippen LogP contribution in [0.4, 0.5) is 25.0 Å². The Morgan fingerprint density at radius 1 is 1.06 bits per heavy atom. The second-order valence-corrected chi connectivity index (χ2v) is 9.41. The second-order valence-electron chi connectivity index (χ2n) is 8.12. The number of nitrogens with one attached hydrogen (secondary N) is 1. The number of benzene rings is 3. The first-order valence-electron chi connectivity index (χ1n) is 10.5. The molecule has 0 aliphatic carbocycles. The molecule has 5 nitrogen and oxygen atoms in total. The first-order valence-corrected chi connectivity index (χ1v) is 11.5. The van der Waals surface area contributed by atoms with Gasteiger partial charge in [-0.2, -0.15) is 0 Å². The van der Waals surface area contributed by atoms with Crippen molar-refractivity contribution in [2.45, 2.75) is 18.3 Å². The SMILES string of the molecule is Cc1cccc(NC(=O)N2CCSC23C(=O)N(Cc2ccc(F)cc2)c2ccc(F)cc23)c1. The average Bonchev–Trinajstić information content (AvgIpc) is 3.32. The molecule has 1 fully saturated rings. The lowest BCUT2D eigenvalue weighted by molar-refractivity contribution is -0.123. The van der Waals surface area contributed by atoms with E-state index in [9.17, 15) is 18.4 Å². The number of thioether (sulfide) groups is 1. The number of aryl methyl sites for hydroxylation is 1. The van der Waals surface area contributed by atoms with Gasteiger partial charge < -0.3 is 10.2 Å². The van der Waals surface area contributed by atoms with E-state index >= 15 is 0 Å². The average molecular weight is 466 g/mol. The summed E-state index contributed by atoms with van der Waals surface area (Å²) in [6, 6.07) is 17.1. The van der Waals surface area contributed by atoms with Crippen molar-refractivity contribution in [3.05, 3.63) is 95.1 Å². The topological polar surface area (TPSA) is 52.7 Å². The lowest BCUT2D eigenvalue weighted by Gasteiger charge is -2.33. The van der Waals surface area contributed by atoms with Crippen LogP contribution in [-0.2, 0) is 16.2 Å². The molecule has 1 N–H and O–H groups in total. The summed E-state index contributed by atoms with van der Waals surface area (Å²) in [7, 11) is 0. The largest absolute Gasteiger partial charge is 0.323 e. The zero-order valence-electron chi connectivity index (χ0n) is 17.8. The molecule has 33 heavy (non-hydrogen) atoms. The number of carbonyl (C=O) groups excluding carboxylic acids is 2. The van der Waals surface area contributed by atoms with Crippen LogP contribution < -0.4 is 10.2 Å². The number of nitrogens with zero attached hydrogens (tertiary/aromatic N) is 2. The third-order valence-electron chi connectivity index (χ3n) is 5.92. The summed E-state index contributed by atoms with van der Waals surface area (Å²) < 4.78 is 27.7. The maximum atomic E-state index is 14.3. The quantitative estimate of drug-likeness (QED) is 0.575. The van der Waals surface area contributed by atoms with Gasteiger partial charge in [-0.15, -0.1) is 11.8 Å². The van der Waals surface area contributed by atoms with E-state index in [2.05, 4.69) is 5.32 Å². The first kappa shape index (κ1) is 21.5. The van der Waals surface area contributed by atoms with Gasteiger partial charge in [-0.25, -0.2) is 13.6 Å². The predicted octanol–water partition coefficient (Wildman–Crippen LogP) is 5.25. The standard InChI is InChI=1S/C25H21F2N3O2S/c1-16-3-2-4-20(13-16)28-24(32)30-11-12-33-25(30)21-14-19(27)9-10-22(21)29(23(25)31)15-17-5-7-18(26)8-6-17/h2-10,13-14H,11-12,15H2,1H3,(H,28,32). The monoisotopic (exact) mass is 465 g/mol. The molecule has 2 heterocycles. The van der Waals surface area contributed by atoms with Gasteiger partial charge in [-0.1, -0.05) is 24.3 Å². The molecule has 1 spiro atoms. The Morgan fingerprint density at radius 3 is 2.58 bits per heavy atom. The Hall–Kier alpha value is -3.39. The molecule has 168 valence electrons. The summed E-state index contributed by atoms with van der Waals surface area (Å²) in [5, 5.41) is 2.88. The number of amides is 3. The van der Waals surface area contributed by atoms with E-state index in [1.165, 1.54) is 40.9 Å². The predicted molar refractivity (Wildman–Crippen MR) is 125 cm³/mol. The van der Waals surface area contributed by atoms with Gasteiger partial charge in [-0.3, -0.25) is 9.69 Å². The van der Waals surface area contributed by atoms with Gasteiger partial charge in [0.1, 0.15) is 11.6 Å². The summed E-state index contributed by atoms with van der Waals surface area (Å²) in [5.74, 6) is -0.617. The van der Waals surface area contributed by atoms with Crippen molar-refractivity contribution in [2.24, 2.45) is 0 Å². The van der Waals surface area contributed by atoms with Crippen molar-refractivity contribution >= 4 is 35.1 Å². The maximum absolute atomic E-state index is 14.3. The van der Waals surface area contributed by atoms with Crippen molar-refractivity contribution in [3.8, 4) is 0 Å². The number of fused-ring (bicyclic) bond motifs is 2. The summed E-state index contributed by atoms with van der Waals surface area (Å²) in [6.45, 7) is 2.46. The molecule has 1 unspecified atom stereocenters. The summed E-state index contributed by atoms with van der Waals surface area (Å²) in [6.07, 6.45) is 0. The number of urea groups is 1. The number of halogens is 2. The Bertz CT molecular complexity index is 1250. The van der Waals surface area contributed by atoms with Crippen LogP contribution in [0.15, 0.2) is 66.7 Å². The lowest BCUT2D eigenvalue weighted by Crippen LogP contribution is -2.51. The Labute approximate surface area is 194 Å². The minimum absolute atomic E-state index is 0.188. The van der Waals surface area contributed by atoms with Crippen LogP contribution in [-0.4, -0.2) is 29.1 Å². The molecule has 3 aromatic carbocycles. The molecule has 2 aliphatic heterocycles. The van der Waals surface area contributed by atoms with Crippen LogP contribution in [0.2, 0.25) is 0 Å². The smallest absolute Gasteiger partial charge is 0.308 e. The zero-order valence-corrected chi connectivity index (χ0v) is 18.7. The van der Waals surface area contributed by atoms with Crippen molar-refractivity contribution in [3.63, 3.8) is 0 Å². The molecule has 8 heteroatoms. The van der Waals surface area contributed by atoms with E-state index < -0.39 is 16.7 Å². The third kappa shape index (κ3) is 3.64. The molecule has 3 amide bonds. The highest BCUT2D eigenvalue weighted by Crippen LogP contribution is 2.54. The number of hydrogen-bond donors (Lipinski definition) is 1. The molecule has 2 aliphatic rings. The van der Waals surface area contributed by atoms with Crippen molar-refractivity contribution < 1.29 is 18.4 Å². The number of anilines is 2. The Balaban J connectivity index is 1.53. The second kappa shape index (κ2) is 8.19. The van der Waals surface area contributed by atoms with Gasteiger partial charge in [0.25, 0.3) is 5.91 Å². The molecule has 0 saturated carbocycles. The van der Waals surface area contributed by atoms with Gasteiger partial charge in [0.15, 0.2) is 4.87 Å². The van der Waals surface area contributed by atoms with E-state index in [0.29, 0.717) is 29.2 Å². The van der Waals surface area contributed by atoms with E-state index in [1.807, 2.05) is 25.1 Å². The molecule has 0 aromatic heterocycles. The highest BCUT2D eigenvalue weighted by Gasteiger charge is 2.59. The number of hydrogen-bond acceptors (Lipinski definition) is 3. The highest BCUT2D eigenvalue weighted by molar-refractivity contribution is 8.01. The van der Waals surface area contributed by atoms with E-state index in [0.717, 1.165) is 11.1 Å². The van der Waals surface area contributed by atoms with Crippen LogP contribution in [0.25, 0.3) is 0 Å². The van der Waals surface area contributed by atoms with Crippen LogP contribution in [0.3, 0.4) is 0 Å². The fourth-order valence-electron chi connectivity index (χ4n) is 4.43. The molecule has 5 rings (SSSR count). The van der Waals surface area contributed by atoms with E-state index in [4.69, 9.17) is 0 Å². The summed E-state index contributed by atoms with van der Waals surface area (Å²) in [4.78, 5) is 28.9. The molecular formula is C25H21F2N3O2S. The highest BCUT2D eigenvalue weighted by atomic mass is 32.2. The van der Waals surface area contributed by atoms with E-state index in [-0.39, 0.29) is 18.3 Å². The van der Waals surface area contributed by atoms with Crippen molar-refractivity contribution in [2.75, 3.05) is 22.5 Å². The number of rotatable bonds is 3. The van der Waals surface area contributed by atoms with Gasteiger partial charge >= 0.3 is 6.03 Å². The van der Waals surface area contributed by atoms with E-state index in [1.54, 1.807) is 29.2 Å². The minimum Gasteiger partial charge on any atom is -0.308 e. The van der Waals surface area contributed by atoms with Gasteiger partial charge in [0.2, 0.25) is 0 Å². The van der Waals surface area contributed by atoms with Crippen LogP contribution in [0.1, 0.15) is 16.7 Å². The summed E-state index contributed by atoms with van der Waals surface area (Å²) >= 11 is 1.33. The molecule has 0 bridgehead atoms.